The Hall–Kier alpha value is -1.30. The summed E-state index contributed by atoms with van der Waals surface area (Å²) in [6.45, 7) is 8.76. The summed E-state index contributed by atoms with van der Waals surface area (Å²) in [5.74, 6) is -1.16. The molecule has 0 saturated carbocycles. The lowest BCUT2D eigenvalue weighted by atomic mass is 10.0. The van der Waals surface area contributed by atoms with E-state index in [-0.39, 0.29) is 17.6 Å². The van der Waals surface area contributed by atoms with E-state index >= 15 is 0 Å². The lowest BCUT2D eigenvalue weighted by molar-refractivity contribution is -0.140. The van der Waals surface area contributed by atoms with Gasteiger partial charge in [-0.15, -0.1) is 0 Å². The quantitative estimate of drug-likeness (QED) is 0.789. The number of amides is 2. The highest BCUT2D eigenvalue weighted by Gasteiger charge is 2.32. The van der Waals surface area contributed by atoms with E-state index in [2.05, 4.69) is 5.32 Å². The molecule has 6 heteroatoms. The number of carboxylic acid groups (broad SMARTS) is 1. The van der Waals surface area contributed by atoms with Crippen molar-refractivity contribution in [1.82, 2.24) is 10.2 Å². The van der Waals surface area contributed by atoms with Crippen molar-refractivity contribution in [2.24, 2.45) is 5.92 Å². The van der Waals surface area contributed by atoms with Gasteiger partial charge < -0.3 is 20.1 Å². The first-order chi connectivity index (χ1) is 8.23. The Morgan fingerprint density at radius 3 is 2.44 bits per heavy atom. The number of ether oxygens (including phenoxy) is 1. The number of hydrogen-bond acceptors (Lipinski definition) is 3. The maximum absolute atomic E-state index is 12.0. The van der Waals surface area contributed by atoms with Crippen LogP contribution >= 0.6 is 0 Å². The second-order valence-corrected chi connectivity index (χ2v) is 5.54. The van der Waals surface area contributed by atoms with E-state index < -0.39 is 12.0 Å². The van der Waals surface area contributed by atoms with Crippen molar-refractivity contribution < 1.29 is 19.4 Å². The predicted molar refractivity (Wildman–Crippen MR) is 66.4 cm³/mol. The minimum absolute atomic E-state index is 0.152. The molecule has 1 fully saturated rings. The van der Waals surface area contributed by atoms with Gasteiger partial charge in [-0.25, -0.2) is 9.59 Å². The summed E-state index contributed by atoms with van der Waals surface area (Å²) in [5.41, 5.74) is -0.383. The van der Waals surface area contributed by atoms with Crippen molar-refractivity contribution in [3.63, 3.8) is 0 Å². The first-order valence-corrected chi connectivity index (χ1v) is 6.15. The van der Waals surface area contributed by atoms with Crippen LogP contribution in [0.5, 0.6) is 0 Å². The molecule has 0 radical (unpaired) electrons. The van der Waals surface area contributed by atoms with Gasteiger partial charge in [-0.3, -0.25) is 0 Å². The average molecular weight is 258 g/mol. The zero-order valence-corrected chi connectivity index (χ0v) is 11.4. The van der Waals surface area contributed by atoms with Gasteiger partial charge in [0.2, 0.25) is 0 Å². The number of urea groups is 1. The van der Waals surface area contributed by atoms with Crippen LogP contribution in [0.3, 0.4) is 0 Å². The second-order valence-electron chi connectivity index (χ2n) is 5.54. The molecule has 2 N–H and O–H groups in total. The molecular weight excluding hydrogens is 236 g/mol. The summed E-state index contributed by atoms with van der Waals surface area (Å²) in [6, 6.07) is -1.20. The smallest absolute Gasteiger partial charge is 0.326 e. The third-order valence-electron chi connectivity index (χ3n) is 2.92. The first-order valence-electron chi connectivity index (χ1n) is 6.15. The van der Waals surface area contributed by atoms with Gasteiger partial charge in [0.25, 0.3) is 0 Å². The van der Waals surface area contributed by atoms with Crippen molar-refractivity contribution in [3.05, 3.63) is 0 Å². The van der Waals surface area contributed by atoms with Crippen LogP contribution in [-0.2, 0) is 9.53 Å². The topological polar surface area (TPSA) is 78.9 Å². The summed E-state index contributed by atoms with van der Waals surface area (Å²) < 4.78 is 5.51. The maximum atomic E-state index is 12.0. The zero-order chi connectivity index (χ0) is 13.9. The number of morpholine rings is 1. The number of aliphatic carboxylic acids is 1. The Morgan fingerprint density at radius 1 is 1.39 bits per heavy atom. The average Bonchev–Trinajstić information content (AvgIpc) is 2.23. The van der Waals surface area contributed by atoms with Crippen molar-refractivity contribution in [1.29, 1.82) is 0 Å². The van der Waals surface area contributed by atoms with Crippen LogP contribution in [0.25, 0.3) is 0 Å². The molecule has 0 aliphatic carbocycles. The van der Waals surface area contributed by atoms with Gasteiger partial charge in [0.15, 0.2) is 0 Å². The van der Waals surface area contributed by atoms with Crippen molar-refractivity contribution in [3.8, 4) is 0 Å². The zero-order valence-electron chi connectivity index (χ0n) is 11.4. The Balaban J connectivity index is 2.61. The molecule has 1 atom stereocenters. The largest absolute Gasteiger partial charge is 0.480 e. The van der Waals surface area contributed by atoms with Gasteiger partial charge in [-0.1, -0.05) is 13.8 Å². The normalized spacial score (nSPS) is 20.6. The number of carbonyl (C=O) groups is 2. The second kappa shape index (κ2) is 5.56. The molecule has 0 aromatic carbocycles. The molecule has 1 heterocycles. The van der Waals surface area contributed by atoms with Crippen molar-refractivity contribution in [2.45, 2.75) is 39.3 Å². The van der Waals surface area contributed by atoms with E-state index in [0.717, 1.165) is 0 Å². The fourth-order valence-electron chi connectivity index (χ4n) is 1.93. The van der Waals surface area contributed by atoms with Gasteiger partial charge in [0, 0.05) is 6.54 Å². The van der Waals surface area contributed by atoms with Crippen LogP contribution in [0.15, 0.2) is 0 Å². The number of carboxylic acids is 1. The van der Waals surface area contributed by atoms with Gasteiger partial charge in [-0.05, 0) is 19.8 Å². The molecule has 0 bridgehead atoms. The molecule has 1 aliphatic heterocycles. The Morgan fingerprint density at radius 2 is 2.00 bits per heavy atom. The van der Waals surface area contributed by atoms with E-state index in [0.29, 0.717) is 19.7 Å². The molecule has 0 aromatic heterocycles. The third kappa shape index (κ3) is 3.87. The van der Waals surface area contributed by atoms with Crippen LogP contribution in [0, 0.1) is 5.92 Å². The van der Waals surface area contributed by atoms with Crippen LogP contribution < -0.4 is 5.32 Å². The summed E-state index contributed by atoms with van der Waals surface area (Å²) in [5, 5.41) is 11.6. The highest BCUT2D eigenvalue weighted by atomic mass is 16.5. The van der Waals surface area contributed by atoms with E-state index in [1.54, 1.807) is 18.7 Å². The van der Waals surface area contributed by atoms with Crippen molar-refractivity contribution >= 4 is 12.0 Å². The number of nitrogens with zero attached hydrogens (tertiary/aromatic N) is 1. The lowest BCUT2D eigenvalue weighted by Gasteiger charge is -2.38. The Labute approximate surface area is 107 Å². The van der Waals surface area contributed by atoms with Crippen LogP contribution in [0.1, 0.15) is 27.7 Å². The Bertz CT molecular complexity index is 328. The van der Waals surface area contributed by atoms with Gasteiger partial charge in [0.1, 0.15) is 6.04 Å². The Kier molecular flexibility index (Phi) is 4.56. The van der Waals surface area contributed by atoms with Crippen LogP contribution in [-0.4, -0.2) is 53.3 Å². The van der Waals surface area contributed by atoms with Crippen molar-refractivity contribution in [2.75, 3.05) is 19.7 Å². The van der Waals surface area contributed by atoms with E-state index in [4.69, 9.17) is 9.84 Å². The molecule has 1 rings (SSSR count). The van der Waals surface area contributed by atoms with E-state index in [9.17, 15) is 9.59 Å². The monoisotopic (exact) mass is 258 g/mol. The van der Waals surface area contributed by atoms with Crippen LogP contribution in [0.4, 0.5) is 4.79 Å². The third-order valence-corrected chi connectivity index (χ3v) is 2.92. The van der Waals surface area contributed by atoms with Crippen LogP contribution in [0.2, 0.25) is 0 Å². The SMILES string of the molecule is CC(C)[C@H](NC(=O)N1CCOC(C)(C)C1)C(=O)O. The number of hydrogen-bond donors (Lipinski definition) is 2. The van der Waals surface area contributed by atoms with Gasteiger partial charge in [-0.2, -0.15) is 0 Å². The highest BCUT2D eigenvalue weighted by molar-refractivity contribution is 5.82. The summed E-state index contributed by atoms with van der Waals surface area (Å²) in [7, 11) is 0. The number of carbonyl (C=O) groups excluding carboxylic acids is 1. The summed E-state index contributed by atoms with van der Waals surface area (Å²) in [4.78, 5) is 24.6. The molecule has 0 spiro atoms. The van der Waals surface area contributed by atoms with Gasteiger partial charge >= 0.3 is 12.0 Å². The highest BCUT2D eigenvalue weighted by Crippen LogP contribution is 2.16. The molecule has 6 nitrogen and oxygen atoms in total. The molecule has 1 saturated heterocycles. The molecule has 1 aliphatic rings. The first kappa shape index (κ1) is 14.8. The maximum Gasteiger partial charge on any atom is 0.326 e. The summed E-state index contributed by atoms with van der Waals surface area (Å²) >= 11 is 0. The lowest BCUT2D eigenvalue weighted by Crippen LogP contribution is -2.56. The fraction of sp³-hybridized carbons (Fsp3) is 0.833. The minimum Gasteiger partial charge on any atom is -0.480 e. The number of rotatable bonds is 3. The molecule has 104 valence electrons. The molecule has 18 heavy (non-hydrogen) atoms. The molecule has 0 unspecified atom stereocenters. The molecule has 0 aromatic rings. The molecule has 2 amide bonds. The number of nitrogens with one attached hydrogen (secondary N) is 1. The summed E-state index contributed by atoms with van der Waals surface area (Å²) in [6.07, 6.45) is 0. The fourth-order valence-corrected chi connectivity index (χ4v) is 1.93. The predicted octanol–water partition coefficient (Wildman–Crippen LogP) is 0.916. The van der Waals surface area contributed by atoms with Gasteiger partial charge in [0.05, 0.1) is 18.8 Å². The standard InChI is InChI=1S/C12H22N2O4/c1-8(2)9(10(15)16)13-11(17)14-5-6-18-12(3,4)7-14/h8-9H,5-7H2,1-4H3,(H,13,17)(H,15,16)/t9-/m0/s1. The molecular formula is C12H22N2O4. The van der Waals surface area contributed by atoms with E-state index in [1.807, 2.05) is 13.8 Å². The van der Waals surface area contributed by atoms with E-state index in [1.165, 1.54) is 0 Å². The minimum atomic E-state index is -1.01.